The molecule has 0 radical (unpaired) electrons. The Morgan fingerprint density at radius 2 is 1.68 bits per heavy atom. The number of benzene rings is 2. The molecule has 164 valence electrons. The number of unbranched alkanes of at least 4 members (excludes halogenated alkanes) is 2. The average Bonchev–Trinajstić information content (AvgIpc) is 2.79. The van der Waals surface area contributed by atoms with Crippen LogP contribution in [0, 0.1) is 0 Å². The van der Waals surface area contributed by atoms with E-state index in [2.05, 4.69) is 19.9 Å². The van der Waals surface area contributed by atoms with Gasteiger partial charge in [-0.25, -0.2) is 0 Å². The van der Waals surface area contributed by atoms with Gasteiger partial charge in [0, 0.05) is 32.2 Å². The number of carbonyl (C=O) groups is 1. The molecule has 1 aliphatic rings. The molecule has 3 nitrogen and oxygen atoms in total. The van der Waals surface area contributed by atoms with Crippen molar-refractivity contribution >= 4 is 39.0 Å². The molecule has 0 spiro atoms. The van der Waals surface area contributed by atoms with E-state index in [1.54, 1.807) is 6.07 Å². The SMILES string of the molecule is CCCCC1CC(=O)c2ccccc2S1.CCCCc1sc2ccccc2c(=O)c1O. The van der Waals surface area contributed by atoms with Crippen molar-refractivity contribution in [3.63, 3.8) is 0 Å². The maximum Gasteiger partial charge on any atom is 0.229 e. The quantitative estimate of drug-likeness (QED) is 0.427. The van der Waals surface area contributed by atoms with Gasteiger partial charge < -0.3 is 5.11 Å². The molecular formula is C26H30O3S2. The minimum atomic E-state index is -0.236. The Hall–Kier alpha value is -2.11. The number of thioether (sulfide) groups is 1. The zero-order valence-electron chi connectivity index (χ0n) is 18.2. The van der Waals surface area contributed by atoms with Gasteiger partial charge in [0.25, 0.3) is 0 Å². The second-order valence-electron chi connectivity index (χ2n) is 7.81. The average molecular weight is 455 g/mol. The number of hydrogen-bond donors (Lipinski definition) is 1. The van der Waals surface area contributed by atoms with Crippen LogP contribution in [0.25, 0.3) is 10.1 Å². The number of ketones is 1. The molecule has 0 saturated heterocycles. The fourth-order valence-electron chi connectivity index (χ4n) is 3.62. The summed E-state index contributed by atoms with van der Waals surface area (Å²) in [6, 6.07) is 15.4. The molecule has 0 fully saturated rings. The van der Waals surface area contributed by atoms with Crippen molar-refractivity contribution in [2.24, 2.45) is 0 Å². The molecule has 4 rings (SSSR count). The number of aryl methyl sites for hydroxylation is 1. The van der Waals surface area contributed by atoms with Crippen molar-refractivity contribution in [1.82, 2.24) is 0 Å². The van der Waals surface area contributed by atoms with Crippen LogP contribution < -0.4 is 5.43 Å². The van der Waals surface area contributed by atoms with Crippen LogP contribution in [0.1, 0.15) is 67.6 Å². The zero-order chi connectivity index (χ0) is 22.2. The standard InChI is InChI=1S/C13H14O2S.C13H16OS/c1-2-3-7-11-13(15)12(14)9-6-4-5-8-10(9)16-11;1-2-3-6-10-9-12(14)11-7-4-5-8-13(11)15-10/h4-6,8,15H,2-3,7H2,1H3;4-5,7-8,10H,2-3,6,9H2,1H3. The number of aromatic hydroxyl groups is 1. The lowest BCUT2D eigenvalue weighted by molar-refractivity contribution is 0.0975. The van der Waals surface area contributed by atoms with Crippen LogP contribution in [0.15, 0.2) is 58.2 Å². The number of carbonyl (C=O) groups excluding carboxylic acids is 1. The Kier molecular flexibility index (Phi) is 8.73. The molecule has 0 bridgehead atoms. The van der Waals surface area contributed by atoms with E-state index in [-0.39, 0.29) is 11.2 Å². The molecule has 1 unspecified atom stereocenters. The van der Waals surface area contributed by atoms with E-state index in [9.17, 15) is 14.7 Å². The van der Waals surface area contributed by atoms with Gasteiger partial charge >= 0.3 is 0 Å². The van der Waals surface area contributed by atoms with Gasteiger partial charge in [-0.2, -0.15) is 0 Å². The summed E-state index contributed by atoms with van der Waals surface area (Å²) in [5.41, 5.74) is 0.690. The molecule has 31 heavy (non-hydrogen) atoms. The Bertz CT molecular complexity index is 1090. The Morgan fingerprint density at radius 3 is 2.45 bits per heavy atom. The summed E-state index contributed by atoms with van der Waals surface area (Å²) in [4.78, 5) is 25.7. The van der Waals surface area contributed by atoms with Crippen LogP contribution in [0.4, 0.5) is 0 Å². The lowest BCUT2D eigenvalue weighted by Gasteiger charge is -2.22. The van der Waals surface area contributed by atoms with E-state index in [1.165, 1.54) is 35.5 Å². The van der Waals surface area contributed by atoms with E-state index in [0.717, 1.165) is 40.8 Å². The van der Waals surface area contributed by atoms with E-state index in [1.807, 2.05) is 48.2 Å². The van der Waals surface area contributed by atoms with Gasteiger partial charge in [0.15, 0.2) is 11.5 Å². The second kappa shape index (κ2) is 11.5. The van der Waals surface area contributed by atoms with Crippen LogP contribution in [0.3, 0.4) is 0 Å². The Labute approximate surface area is 192 Å². The fraction of sp³-hybridized carbons (Fsp3) is 0.385. The molecule has 0 aliphatic carbocycles. The number of Topliss-reactive ketones (excluding diaryl/α,β-unsaturated/α-hetero) is 1. The minimum Gasteiger partial charge on any atom is -0.503 e. The van der Waals surface area contributed by atoms with Crippen molar-refractivity contribution in [2.75, 3.05) is 0 Å². The molecule has 2 heterocycles. The number of hydrogen-bond acceptors (Lipinski definition) is 5. The predicted octanol–water partition coefficient (Wildman–Crippen LogP) is 7.23. The van der Waals surface area contributed by atoms with Crippen molar-refractivity contribution in [2.45, 2.75) is 68.9 Å². The van der Waals surface area contributed by atoms with Crippen LogP contribution in [0.5, 0.6) is 5.75 Å². The molecule has 1 atom stereocenters. The summed E-state index contributed by atoms with van der Waals surface area (Å²) in [6.45, 7) is 4.30. The van der Waals surface area contributed by atoms with Gasteiger partial charge in [0.2, 0.25) is 5.43 Å². The number of rotatable bonds is 6. The summed E-state index contributed by atoms with van der Waals surface area (Å²) < 4.78 is 0.955. The van der Waals surface area contributed by atoms with Crippen LogP contribution in [-0.2, 0) is 6.42 Å². The van der Waals surface area contributed by atoms with E-state index in [4.69, 9.17) is 0 Å². The summed E-state index contributed by atoms with van der Waals surface area (Å²) in [6.07, 6.45) is 7.19. The first-order valence-electron chi connectivity index (χ1n) is 11.1. The maximum absolute atomic E-state index is 11.9. The van der Waals surface area contributed by atoms with Gasteiger partial charge in [0.05, 0.1) is 4.88 Å². The highest BCUT2D eigenvalue weighted by atomic mass is 32.2. The molecular weight excluding hydrogens is 424 g/mol. The summed E-state index contributed by atoms with van der Waals surface area (Å²) in [7, 11) is 0. The van der Waals surface area contributed by atoms with Gasteiger partial charge in [0.1, 0.15) is 0 Å². The first-order chi connectivity index (χ1) is 15.0. The molecule has 1 aliphatic heterocycles. The van der Waals surface area contributed by atoms with Gasteiger partial charge in [-0.3, -0.25) is 9.59 Å². The fourth-order valence-corrected chi connectivity index (χ4v) is 6.08. The van der Waals surface area contributed by atoms with Crippen LogP contribution in [0.2, 0.25) is 0 Å². The summed E-state index contributed by atoms with van der Waals surface area (Å²) in [5.74, 6) is 0.266. The molecule has 2 aromatic carbocycles. The summed E-state index contributed by atoms with van der Waals surface area (Å²) >= 11 is 3.40. The van der Waals surface area contributed by atoms with Gasteiger partial charge in [-0.05, 0) is 37.5 Å². The molecule has 5 heteroatoms. The largest absolute Gasteiger partial charge is 0.503 e. The third-order valence-corrected chi connectivity index (χ3v) is 7.94. The van der Waals surface area contributed by atoms with Crippen molar-refractivity contribution < 1.29 is 9.90 Å². The molecule has 3 aromatic rings. The van der Waals surface area contributed by atoms with Crippen LogP contribution in [-0.4, -0.2) is 16.1 Å². The second-order valence-corrected chi connectivity index (χ2v) is 10.3. The smallest absolute Gasteiger partial charge is 0.229 e. The van der Waals surface area contributed by atoms with E-state index >= 15 is 0 Å². The van der Waals surface area contributed by atoms with Crippen molar-refractivity contribution in [3.8, 4) is 5.75 Å². The zero-order valence-corrected chi connectivity index (χ0v) is 19.9. The van der Waals surface area contributed by atoms with Gasteiger partial charge in [-0.15, -0.1) is 23.1 Å². The summed E-state index contributed by atoms with van der Waals surface area (Å²) in [5, 5.41) is 10.9. The normalized spacial score (nSPS) is 15.3. The first-order valence-corrected chi connectivity index (χ1v) is 12.8. The molecule has 0 amide bonds. The third-order valence-electron chi connectivity index (χ3n) is 5.38. The van der Waals surface area contributed by atoms with E-state index in [0.29, 0.717) is 16.4 Å². The molecule has 1 aromatic heterocycles. The number of fused-ring (bicyclic) bond motifs is 2. The Morgan fingerprint density at radius 1 is 0.968 bits per heavy atom. The maximum atomic E-state index is 11.9. The highest BCUT2D eigenvalue weighted by molar-refractivity contribution is 8.00. The van der Waals surface area contributed by atoms with E-state index < -0.39 is 0 Å². The highest BCUT2D eigenvalue weighted by Crippen LogP contribution is 2.37. The monoisotopic (exact) mass is 454 g/mol. The molecule has 0 saturated carbocycles. The lowest BCUT2D eigenvalue weighted by Crippen LogP contribution is -2.17. The first kappa shape index (κ1) is 23.6. The predicted molar refractivity (Wildman–Crippen MR) is 133 cm³/mol. The van der Waals surface area contributed by atoms with Gasteiger partial charge in [-0.1, -0.05) is 63.4 Å². The van der Waals surface area contributed by atoms with Crippen molar-refractivity contribution in [3.05, 3.63) is 69.2 Å². The van der Waals surface area contributed by atoms with Crippen molar-refractivity contribution in [1.29, 1.82) is 0 Å². The molecule has 1 N–H and O–H groups in total. The minimum absolute atomic E-state index is 0.0582. The Balaban J connectivity index is 0.000000176. The van der Waals surface area contributed by atoms with Crippen LogP contribution >= 0.6 is 23.1 Å². The highest BCUT2D eigenvalue weighted by Gasteiger charge is 2.24. The third kappa shape index (κ3) is 5.98. The topological polar surface area (TPSA) is 54.4 Å². The lowest BCUT2D eigenvalue weighted by atomic mass is 10.0.